The number of rotatable bonds is 3. The predicted molar refractivity (Wildman–Crippen MR) is 51.2 cm³/mol. The Hall–Kier alpha value is -0.830. The molecule has 0 spiro atoms. The average molecular weight is 176 g/mol. The third-order valence-electron chi connectivity index (χ3n) is 1.51. The van der Waals surface area contributed by atoms with E-state index in [1.54, 1.807) is 18.3 Å². The second-order valence-corrected chi connectivity index (χ2v) is 3.56. The molecule has 0 amide bonds. The van der Waals surface area contributed by atoms with Crippen molar-refractivity contribution < 1.29 is 14.2 Å². The number of hydrogen-bond donors (Lipinski definition) is 1. The quantitative estimate of drug-likeness (QED) is 0.769. The van der Waals surface area contributed by atoms with E-state index in [0.717, 1.165) is 4.88 Å². The van der Waals surface area contributed by atoms with E-state index in [1.165, 1.54) is 0 Å². The van der Waals surface area contributed by atoms with Gasteiger partial charge in [-0.2, -0.15) is 0 Å². The van der Waals surface area contributed by atoms with Gasteiger partial charge in [-0.05, 0) is 17.9 Å². The highest BCUT2D eigenvalue weighted by Crippen LogP contribution is 2.13. The maximum atomic E-state index is 10.4. The molecule has 0 fully saturated rings. The normalized spacial score (nSPS) is 12.8. The summed E-state index contributed by atoms with van der Waals surface area (Å²) in [6.45, 7) is 1.72. The molecular weight excluding hydrogens is 160 g/mol. The highest BCUT2D eigenvalue weighted by Gasteiger charge is 2.11. The van der Waals surface area contributed by atoms with Crippen LogP contribution in [0.1, 0.15) is 16.1 Å². The lowest BCUT2D eigenvalue weighted by Gasteiger charge is -2.01. The van der Waals surface area contributed by atoms with Crippen LogP contribution < -0.4 is 0 Å². The summed E-state index contributed by atoms with van der Waals surface area (Å²) >= 11 is 1.61. The van der Waals surface area contributed by atoms with Gasteiger partial charge in [0.15, 0.2) is 0 Å². The molecule has 3 heteroatoms. The number of carboxylic acids is 1. The van der Waals surface area contributed by atoms with Gasteiger partial charge in [0.1, 0.15) is 0 Å². The first-order valence-corrected chi connectivity index (χ1v) is 4.33. The Bertz CT molecular complexity index is 239. The highest BCUT2D eigenvalue weighted by atomic mass is 32.1. The molecule has 0 radical (unpaired) electrons. The fourth-order valence-corrected chi connectivity index (χ4v) is 1.65. The van der Waals surface area contributed by atoms with Gasteiger partial charge < -0.3 is 5.11 Å². The molecular formula is C8H16O2S. The van der Waals surface area contributed by atoms with Crippen molar-refractivity contribution in [2.45, 2.75) is 13.3 Å². The van der Waals surface area contributed by atoms with Crippen molar-refractivity contribution in [1.29, 1.82) is 0 Å². The number of hydrogen-bond acceptors (Lipinski definition) is 2. The lowest BCUT2D eigenvalue weighted by atomic mass is 10.1. The van der Waals surface area contributed by atoms with Gasteiger partial charge >= 0.3 is 5.97 Å². The number of carboxylic acid groups (broad SMARTS) is 1. The van der Waals surface area contributed by atoms with Crippen LogP contribution in [0.4, 0.5) is 0 Å². The van der Waals surface area contributed by atoms with Crippen LogP contribution in [-0.4, -0.2) is 11.1 Å². The summed E-state index contributed by atoms with van der Waals surface area (Å²) in [7, 11) is 0. The van der Waals surface area contributed by atoms with E-state index in [-0.39, 0.29) is 10.2 Å². The molecule has 1 aromatic heterocycles. The monoisotopic (exact) mass is 176 g/mol. The Labute approximate surface area is 73.9 Å². The van der Waals surface area contributed by atoms with Crippen molar-refractivity contribution in [3.8, 4) is 0 Å². The minimum atomic E-state index is -0.724. The van der Waals surface area contributed by atoms with Crippen LogP contribution in [0, 0.1) is 5.92 Å². The van der Waals surface area contributed by atoms with Gasteiger partial charge in [0, 0.05) is 9.16 Å². The van der Waals surface area contributed by atoms with E-state index in [0.29, 0.717) is 6.42 Å². The van der Waals surface area contributed by atoms with Crippen LogP contribution in [0.3, 0.4) is 0 Å². The van der Waals surface area contributed by atoms with Crippen molar-refractivity contribution in [3.05, 3.63) is 22.4 Å². The van der Waals surface area contributed by atoms with Gasteiger partial charge in [0.05, 0.1) is 5.92 Å². The van der Waals surface area contributed by atoms with Gasteiger partial charge in [-0.1, -0.05) is 13.0 Å². The SMILES string of the molecule is C[C@@H](Cc1cccs1)C(=O)O.[HH].[HH].[HH]. The van der Waals surface area contributed by atoms with Crippen molar-refractivity contribution in [1.82, 2.24) is 0 Å². The van der Waals surface area contributed by atoms with Gasteiger partial charge in [0.25, 0.3) is 0 Å². The summed E-state index contributed by atoms with van der Waals surface area (Å²) in [5.74, 6) is -0.993. The summed E-state index contributed by atoms with van der Waals surface area (Å²) in [6.07, 6.45) is 0.646. The van der Waals surface area contributed by atoms with E-state index in [9.17, 15) is 4.79 Å². The highest BCUT2D eigenvalue weighted by molar-refractivity contribution is 7.09. The van der Waals surface area contributed by atoms with Crippen molar-refractivity contribution in [3.63, 3.8) is 0 Å². The Morgan fingerprint density at radius 2 is 2.64 bits per heavy atom. The molecule has 0 saturated heterocycles. The molecule has 0 aromatic carbocycles. The smallest absolute Gasteiger partial charge is 0.306 e. The predicted octanol–water partition coefficient (Wildman–Crippen LogP) is 2.75. The molecule has 1 N–H and O–H groups in total. The summed E-state index contributed by atoms with van der Waals surface area (Å²) < 4.78 is 0. The van der Waals surface area contributed by atoms with Crippen molar-refractivity contribution in [2.75, 3.05) is 0 Å². The molecule has 0 bridgehead atoms. The fourth-order valence-electron chi connectivity index (χ4n) is 0.818. The van der Waals surface area contributed by atoms with E-state index in [2.05, 4.69) is 0 Å². The van der Waals surface area contributed by atoms with Crippen molar-refractivity contribution in [2.24, 2.45) is 5.92 Å². The van der Waals surface area contributed by atoms with E-state index in [1.807, 2.05) is 17.5 Å². The minimum absolute atomic E-state index is 0. The number of thiophene rings is 1. The van der Waals surface area contributed by atoms with E-state index < -0.39 is 5.97 Å². The first-order valence-electron chi connectivity index (χ1n) is 3.45. The minimum Gasteiger partial charge on any atom is -0.481 e. The third-order valence-corrected chi connectivity index (χ3v) is 2.41. The van der Waals surface area contributed by atoms with Crippen LogP contribution >= 0.6 is 11.3 Å². The molecule has 1 heterocycles. The molecule has 1 rings (SSSR count). The Balaban J connectivity index is -0.000000403. The summed E-state index contributed by atoms with van der Waals surface area (Å²) in [4.78, 5) is 11.6. The Kier molecular flexibility index (Phi) is 2.65. The van der Waals surface area contributed by atoms with Crippen LogP contribution in [0.2, 0.25) is 0 Å². The number of aliphatic carboxylic acids is 1. The average Bonchev–Trinajstić information content (AvgIpc) is 2.39. The first-order chi connectivity index (χ1) is 5.20. The molecule has 0 aliphatic heterocycles. The fraction of sp³-hybridized carbons (Fsp3) is 0.375. The van der Waals surface area contributed by atoms with Gasteiger partial charge in [-0.3, -0.25) is 4.79 Å². The van der Waals surface area contributed by atoms with Crippen molar-refractivity contribution >= 4 is 17.3 Å². The zero-order chi connectivity index (χ0) is 8.27. The van der Waals surface area contributed by atoms with Gasteiger partial charge in [-0.25, -0.2) is 0 Å². The summed E-state index contributed by atoms with van der Waals surface area (Å²) in [6, 6.07) is 3.90. The first kappa shape index (κ1) is 8.27. The van der Waals surface area contributed by atoms with Crippen LogP contribution in [0.5, 0.6) is 0 Å². The Morgan fingerprint density at radius 1 is 1.91 bits per heavy atom. The van der Waals surface area contributed by atoms with E-state index in [4.69, 9.17) is 5.11 Å². The lowest BCUT2D eigenvalue weighted by Crippen LogP contribution is -2.11. The topological polar surface area (TPSA) is 37.3 Å². The molecule has 0 saturated carbocycles. The zero-order valence-electron chi connectivity index (χ0n) is 6.28. The summed E-state index contributed by atoms with van der Waals surface area (Å²) in [5.41, 5.74) is 0. The van der Waals surface area contributed by atoms with Gasteiger partial charge in [-0.15, -0.1) is 11.3 Å². The van der Waals surface area contributed by atoms with Crippen LogP contribution in [0.25, 0.3) is 0 Å². The molecule has 0 aliphatic rings. The van der Waals surface area contributed by atoms with E-state index >= 15 is 0 Å². The molecule has 66 valence electrons. The number of carbonyl (C=O) groups is 1. The molecule has 0 aliphatic carbocycles. The second-order valence-electron chi connectivity index (χ2n) is 2.52. The largest absolute Gasteiger partial charge is 0.481 e. The summed E-state index contributed by atoms with van der Waals surface area (Å²) in [5, 5.41) is 10.5. The molecule has 11 heavy (non-hydrogen) atoms. The molecule has 1 aromatic rings. The molecule has 2 nitrogen and oxygen atoms in total. The molecule has 1 atom stereocenters. The zero-order valence-corrected chi connectivity index (χ0v) is 7.10. The van der Waals surface area contributed by atoms with Crippen LogP contribution in [-0.2, 0) is 11.2 Å². The third kappa shape index (κ3) is 2.35. The van der Waals surface area contributed by atoms with Crippen LogP contribution in [0.15, 0.2) is 17.5 Å². The second kappa shape index (κ2) is 3.53. The maximum absolute atomic E-state index is 10.4. The maximum Gasteiger partial charge on any atom is 0.306 e. The standard InChI is InChI=1S/C8H10O2S.3H2/c1-6(8(9)10)5-7-3-2-4-11-7;;;/h2-4,6H,5H2,1H3,(H,9,10);3*1H/t6-;;;/m0.../s1. The lowest BCUT2D eigenvalue weighted by molar-refractivity contribution is -0.141. The Morgan fingerprint density at radius 3 is 3.09 bits per heavy atom. The molecule has 0 unspecified atom stereocenters. The van der Waals surface area contributed by atoms with Gasteiger partial charge in [0.2, 0.25) is 0 Å².